The summed E-state index contributed by atoms with van der Waals surface area (Å²) in [5, 5.41) is 7.50. The van der Waals surface area contributed by atoms with Gasteiger partial charge in [-0.15, -0.1) is 0 Å². The molecule has 0 saturated heterocycles. The van der Waals surface area contributed by atoms with Gasteiger partial charge < -0.3 is 5.32 Å². The summed E-state index contributed by atoms with van der Waals surface area (Å²) in [6, 6.07) is 1.95. The van der Waals surface area contributed by atoms with Gasteiger partial charge in [0, 0.05) is 24.5 Å². The molecule has 0 aromatic carbocycles. The molecule has 5 nitrogen and oxygen atoms in total. The van der Waals surface area contributed by atoms with E-state index in [0.29, 0.717) is 0 Å². The van der Waals surface area contributed by atoms with E-state index in [1.165, 1.54) is 5.56 Å². The van der Waals surface area contributed by atoms with Crippen LogP contribution in [0.2, 0.25) is 0 Å². The first-order valence-corrected chi connectivity index (χ1v) is 5.69. The van der Waals surface area contributed by atoms with Gasteiger partial charge >= 0.3 is 0 Å². The lowest BCUT2D eigenvalue weighted by Gasteiger charge is -2.07. The van der Waals surface area contributed by atoms with Crippen LogP contribution in [0.5, 0.6) is 0 Å². The number of nitrogens with one attached hydrogen (secondary N) is 1. The van der Waals surface area contributed by atoms with Gasteiger partial charge in [-0.25, -0.2) is 9.97 Å². The number of nitrogens with zero attached hydrogens (tertiary/aromatic N) is 4. The third-order valence-electron chi connectivity index (χ3n) is 2.38. The molecule has 0 bridgehead atoms. The van der Waals surface area contributed by atoms with Gasteiger partial charge in [0.1, 0.15) is 11.6 Å². The predicted molar refractivity (Wildman–Crippen MR) is 67.0 cm³/mol. The lowest BCUT2D eigenvalue weighted by Crippen LogP contribution is -2.12. The van der Waals surface area contributed by atoms with E-state index in [4.69, 9.17) is 0 Å². The molecular formula is C12H17N5. The fourth-order valence-corrected chi connectivity index (χ4v) is 1.70. The summed E-state index contributed by atoms with van der Waals surface area (Å²) in [5.74, 6) is 1.67. The van der Waals surface area contributed by atoms with E-state index >= 15 is 0 Å². The first-order valence-electron chi connectivity index (χ1n) is 5.69. The zero-order valence-electron chi connectivity index (χ0n) is 10.4. The average molecular weight is 231 g/mol. The Morgan fingerprint density at radius 2 is 2.06 bits per heavy atom. The minimum Gasteiger partial charge on any atom is -0.368 e. The highest BCUT2D eigenvalue weighted by atomic mass is 15.3. The molecule has 0 aliphatic carbocycles. The van der Waals surface area contributed by atoms with Crippen LogP contribution < -0.4 is 5.32 Å². The molecule has 0 fully saturated rings. The van der Waals surface area contributed by atoms with Crippen molar-refractivity contribution in [2.45, 2.75) is 27.3 Å². The minimum atomic E-state index is 0.794. The van der Waals surface area contributed by atoms with Gasteiger partial charge in [-0.1, -0.05) is 0 Å². The quantitative estimate of drug-likeness (QED) is 0.870. The molecule has 0 radical (unpaired) electrons. The summed E-state index contributed by atoms with van der Waals surface area (Å²) in [5.41, 5.74) is 2.16. The Labute approximate surface area is 101 Å². The molecule has 0 atom stereocenters. The zero-order chi connectivity index (χ0) is 12.3. The van der Waals surface area contributed by atoms with Crippen molar-refractivity contribution in [2.24, 2.45) is 0 Å². The highest BCUT2D eigenvalue weighted by Gasteiger charge is 1.98. The molecule has 2 rings (SSSR count). The monoisotopic (exact) mass is 231 g/mol. The second-order valence-corrected chi connectivity index (χ2v) is 4.15. The summed E-state index contributed by atoms with van der Waals surface area (Å²) in [7, 11) is 0. The van der Waals surface area contributed by atoms with Crippen LogP contribution in [-0.2, 0) is 6.54 Å². The third kappa shape index (κ3) is 3.27. The van der Waals surface area contributed by atoms with Crippen LogP contribution >= 0.6 is 0 Å². The van der Waals surface area contributed by atoms with Crippen molar-refractivity contribution in [3.63, 3.8) is 0 Å². The second kappa shape index (κ2) is 4.95. The Kier molecular flexibility index (Phi) is 3.37. The van der Waals surface area contributed by atoms with Crippen LogP contribution in [0.1, 0.15) is 17.1 Å². The van der Waals surface area contributed by atoms with E-state index in [1.807, 2.05) is 43.9 Å². The Bertz CT molecular complexity index is 483. The number of aryl methyl sites for hydroxylation is 3. The van der Waals surface area contributed by atoms with Crippen molar-refractivity contribution in [3.05, 3.63) is 35.5 Å². The topological polar surface area (TPSA) is 55.6 Å². The maximum absolute atomic E-state index is 4.32. The highest BCUT2D eigenvalue weighted by molar-refractivity contribution is 5.35. The SMILES string of the molecule is Cc1cnn(CCNc2cc(C)nc(C)n2)c1. The summed E-state index contributed by atoms with van der Waals surface area (Å²) in [6.07, 6.45) is 3.89. The number of anilines is 1. The van der Waals surface area contributed by atoms with Gasteiger partial charge in [-0.05, 0) is 26.3 Å². The van der Waals surface area contributed by atoms with Crippen molar-refractivity contribution in [1.82, 2.24) is 19.7 Å². The Morgan fingerprint density at radius 1 is 1.24 bits per heavy atom. The Balaban J connectivity index is 1.89. The molecule has 0 unspecified atom stereocenters. The van der Waals surface area contributed by atoms with Gasteiger partial charge in [0.05, 0.1) is 12.7 Å². The molecule has 0 aliphatic rings. The molecule has 1 N–H and O–H groups in total. The fraction of sp³-hybridized carbons (Fsp3) is 0.417. The van der Waals surface area contributed by atoms with Gasteiger partial charge in [-0.2, -0.15) is 5.10 Å². The molecule has 0 aliphatic heterocycles. The van der Waals surface area contributed by atoms with Gasteiger partial charge in [0.25, 0.3) is 0 Å². The molecule has 2 heterocycles. The number of rotatable bonds is 4. The van der Waals surface area contributed by atoms with Crippen LogP contribution in [0.3, 0.4) is 0 Å². The third-order valence-corrected chi connectivity index (χ3v) is 2.38. The van der Waals surface area contributed by atoms with Crippen LogP contribution in [0.4, 0.5) is 5.82 Å². The zero-order valence-corrected chi connectivity index (χ0v) is 10.4. The van der Waals surface area contributed by atoms with Gasteiger partial charge in [-0.3, -0.25) is 4.68 Å². The molecule has 90 valence electrons. The average Bonchev–Trinajstić information content (AvgIpc) is 2.63. The highest BCUT2D eigenvalue weighted by Crippen LogP contribution is 2.05. The number of hydrogen-bond acceptors (Lipinski definition) is 4. The lowest BCUT2D eigenvalue weighted by molar-refractivity contribution is 0.636. The van der Waals surface area contributed by atoms with E-state index in [0.717, 1.165) is 30.4 Å². The standard InChI is InChI=1S/C12H17N5/c1-9-7-14-17(8-9)5-4-13-12-6-10(2)15-11(3)16-12/h6-8H,4-5H2,1-3H3,(H,13,15,16). The molecule has 17 heavy (non-hydrogen) atoms. The normalized spacial score (nSPS) is 10.5. The smallest absolute Gasteiger partial charge is 0.129 e. The largest absolute Gasteiger partial charge is 0.368 e. The molecular weight excluding hydrogens is 214 g/mol. The van der Waals surface area contributed by atoms with Gasteiger partial charge in [0.15, 0.2) is 0 Å². The van der Waals surface area contributed by atoms with Crippen LogP contribution in [-0.4, -0.2) is 26.3 Å². The summed E-state index contributed by atoms with van der Waals surface area (Å²) < 4.78 is 1.92. The van der Waals surface area contributed by atoms with Crippen molar-refractivity contribution in [3.8, 4) is 0 Å². The maximum Gasteiger partial charge on any atom is 0.129 e. The van der Waals surface area contributed by atoms with Gasteiger partial charge in [0.2, 0.25) is 0 Å². The summed E-state index contributed by atoms with van der Waals surface area (Å²) in [4.78, 5) is 8.55. The fourth-order valence-electron chi connectivity index (χ4n) is 1.70. The second-order valence-electron chi connectivity index (χ2n) is 4.15. The first-order chi connectivity index (χ1) is 8.13. The number of aromatic nitrogens is 4. The summed E-state index contributed by atoms with van der Waals surface area (Å²) >= 11 is 0. The van der Waals surface area contributed by atoms with Crippen molar-refractivity contribution in [2.75, 3.05) is 11.9 Å². The van der Waals surface area contributed by atoms with Crippen molar-refractivity contribution in [1.29, 1.82) is 0 Å². The van der Waals surface area contributed by atoms with E-state index in [-0.39, 0.29) is 0 Å². The van der Waals surface area contributed by atoms with Crippen molar-refractivity contribution < 1.29 is 0 Å². The van der Waals surface area contributed by atoms with Crippen LogP contribution in [0, 0.1) is 20.8 Å². The van der Waals surface area contributed by atoms with Crippen LogP contribution in [0.25, 0.3) is 0 Å². The Hall–Kier alpha value is -1.91. The summed E-state index contributed by atoms with van der Waals surface area (Å²) in [6.45, 7) is 7.53. The molecule has 5 heteroatoms. The molecule has 0 amide bonds. The predicted octanol–water partition coefficient (Wildman–Crippen LogP) is 1.71. The van der Waals surface area contributed by atoms with E-state index in [2.05, 4.69) is 20.4 Å². The molecule has 2 aromatic heterocycles. The minimum absolute atomic E-state index is 0.794. The van der Waals surface area contributed by atoms with Crippen LogP contribution in [0.15, 0.2) is 18.5 Å². The maximum atomic E-state index is 4.32. The van der Waals surface area contributed by atoms with E-state index in [9.17, 15) is 0 Å². The molecule has 2 aromatic rings. The van der Waals surface area contributed by atoms with E-state index in [1.54, 1.807) is 0 Å². The Morgan fingerprint density at radius 3 is 2.71 bits per heavy atom. The lowest BCUT2D eigenvalue weighted by atomic mass is 10.4. The molecule has 0 saturated carbocycles. The first kappa shape index (κ1) is 11.6. The molecule has 0 spiro atoms. The van der Waals surface area contributed by atoms with E-state index < -0.39 is 0 Å². The number of hydrogen-bond donors (Lipinski definition) is 1. The van der Waals surface area contributed by atoms with Crippen molar-refractivity contribution >= 4 is 5.82 Å².